The average Bonchev–Trinajstić information content (AvgIpc) is 1.97. The van der Waals surface area contributed by atoms with Crippen LogP contribution in [0.2, 0.25) is 0 Å². The molecule has 0 unspecified atom stereocenters. The standard InChI is InChI=1S/H12O5Si5/c1-7-3-9-5-10-4-8-2-6/h1H,7-10H2,6H3. The smallest absolute Gasteiger partial charge is 0.292 e. The molecule has 10 heteroatoms. The Labute approximate surface area is 72.2 Å². The Morgan fingerprint density at radius 1 is 1.00 bits per heavy atom. The van der Waals surface area contributed by atoms with Gasteiger partial charge in [0.05, 0.1) is 0 Å². The molecule has 0 fully saturated rings. The largest absolute Gasteiger partial charge is 0.449 e. The molecule has 0 saturated carbocycles. The highest BCUT2D eigenvalue weighted by atomic mass is 28.4. The van der Waals surface area contributed by atoms with Crippen molar-refractivity contribution in [3.63, 3.8) is 0 Å². The number of hydrogen-bond donors (Lipinski definition) is 1. The summed E-state index contributed by atoms with van der Waals surface area (Å²) in [5.74, 6) is 0. The third kappa shape index (κ3) is 8.88. The highest BCUT2D eigenvalue weighted by Gasteiger charge is 1.88. The van der Waals surface area contributed by atoms with Gasteiger partial charge in [-0.15, -0.1) is 0 Å². The van der Waals surface area contributed by atoms with E-state index in [9.17, 15) is 0 Å². The van der Waals surface area contributed by atoms with E-state index in [0.717, 1.165) is 10.5 Å². The fourth-order valence-corrected chi connectivity index (χ4v) is 6.38. The molecule has 0 aromatic rings. The van der Waals surface area contributed by atoms with Crippen molar-refractivity contribution >= 4 is 50.5 Å². The molecule has 0 spiro atoms. The molecule has 0 aliphatic rings. The maximum absolute atomic E-state index is 8.30. The lowest BCUT2D eigenvalue weighted by molar-refractivity contribution is 0.384. The van der Waals surface area contributed by atoms with E-state index in [1.165, 1.54) is 0 Å². The Hall–Kier alpha value is 0.884. The highest BCUT2D eigenvalue weighted by Crippen LogP contribution is 1.70. The van der Waals surface area contributed by atoms with Crippen molar-refractivity contribution in [3.05, 3.63) is 0 Å². The van der Waals surface area contributed by atoms with Crippen molar-refractivity contribution in [1.29, 1.82) is 0 Å². The van der Waals surface area contributed by atoms with Crippen molar-refractivity contribution in [2.45, 2.75) is 0 Å². The Kier molecular flexibility index (Phi) is 10.8. The van der Waals surface area contributed by atoms with Crippen LogP contribution in [-0.2, 0) is 16.5 Å². The molecule has 0 aliphatic carbocycles. The normalized spacial score (nSPS) is 15.3. The molecule has 0 atom stereocenters. The van der Waals surface area contributed by atoms with Gasteiger partial charge in [0.25, 0.3) is 40.0 Å². The second kappa shape index (κ2) is 9.88. The summed E-state index contributed by atoms with van der Waals surface area (Å²) in [7, 11) is -2.88. The summed E-state index contributed by atoms with van der Waals surface area (Å²) < 4.78 is 19.8. The summed E-state index contributed by atoms with van der Waals surface area (Å²) in [6.45, 7) is 0. The molecule has 0 saturated heterocycles. The molecule has 10 heavy (non-hydrogen) atoms. The topological polar surface area (TPSA) is 57.2 Å². The first-order chi connectivity index (χ1) is 4.91. The van der Waals surface area contributed by atoms with Gasteiger partial charge in [-0.05, 0) is 0 Å². The molecule has 0 aromatic carbocycles. The van der Waals surface area contributed by atoms with Crippen molar-refractivity contribution in [2.24, 2.45) is 0 Å². The lowest BCUT2D eigenvalue weighted by atomic mass is 15.7. The molecule has 0 aromatic heterocycles. The zero-order valence-electron chi connectivity index (χ0n) is 5.91. The maximum atomic E-state index is 8.30. The SMILES string of the molecule is O[SiH2]O[SiH2]O[SiH2]O[SiH2]O[SiH3]. The van der Waals surface area contributed by atoms with E-state index in [1.807, 2.05) is 0 Å². The van der Waals surface area contributed by atoms with E-state index in [1.54, 1.807) is 0 Å². The quantitative estimate of drug-likeness (QED) is 0.350. The van der Waals surface area contributed by atoms with Gasteiger partial charge in [0.2, 0.25) is 0 Å². The summed E-state index contributed by atoms with van der Waals surface area (Å²) in [4.78, 5) is 8.30. The summed E-state index contributed by atoms with van der Waals surface area (Å²) in [5.41, 5.74) is 0. The minimum absolute atomic E-state index is 0.699. The van der Waals surface area contributed by atoms with Crippen LogP contribution in [0.15, 0.2) is 0 Å². The van der Waals surface area contributed by atoms with Gasteiger partial charge in [0.15, 0.2) is 0 Å². The van der Waals surface area contributed by atoms with E-state index < -0.39 is 40.0 Å². The lowest BCUT2D eigenvalue weighted by Crippen LogP contribution is -2.15. The predicted molar refractivity (Wildman–Crippen MR) is 50.7 cm³/mol. The molecule has 1 N–H and O–H groups in total. The van der Waals surface area contributed by atoms with Crippen LogP contribution in [0.5, 0.6) is 0 Å². The Morgan fingerprint density at radius 2 is 1.60 bits per heavy atom. The first kappa shape index (κ1) is 10.9. The number of rotatable bonds is 7. The molecule has 5 nitrogen and oxygen atoms in total. The molecular weight excluding hydrogens is 220 g/mol. The van der Waals surface area contributed by atoms with E-state index in [-0.39, 0.29) is 0 Å². The monoisotopic (exact) mass is 232 g/mol. The summed E-state index contributed by atoms with van der Waals surface area (Å²) in [6.07, 6.45) is 0. The van der Waals surface area contributed by atoms with Gasteiger partial charge in [-0.3, -0.25) is 0 Å². The highest BCUT2D eigenvalue weighted by molar-refractivity contribution is 6.45. The van der Waals surface area contributed by atoms with Crippen LogP contribution >= 0.6 is 0 Å². The fraction of sp³-hybridized carbons (Fsp3) is 0. The van der Waals surface area contributed by atoms with Crippen LogP contribution in [-0.4, -0.2) is 55.3 Å². The number of hydrogen-bond acceptors (Lipinski definition) is 5. The van der Waals surface area contributed by atoms with Crippen LogP contribution in [0.4, 0.5) is 0 Å². The Balaban J connectivity index is 2.65. The zero-order valence-corrected chi connectivity index (χ0v) is 13.6. The third-order valence-corrected chi connectivity index (χ3v) is 5.63. The molecular formula is H12O5Si5. The van der Waals surface area contributed by atoms with E-state index in [2.05, 4.69) is 0 Å². The molecule has 0 heterocycles. The molecule has 0 bridgehead atoms. The van der Waals surface area contributed by atoms with Crippen LogP contribution in [0.25, 0.3) is 0 Å². The molecule has 62 valence electrons. The molecule has 0 aliphatic heterocycles. The van der Waals surface area contributed by atoms with Crippen molar-refractivity contribution in [3.8, 4) is 0 Å². The summed E-state index contributed by atoms with van der Waals surface area (Å²) in [5, 5.41) is 0. The van der Waals surface area contributed by atoms with Gasteiger partial charge in [0.1, 0.15) is 10.5 Å². The molecule has 0 amide bonds. The average molecular weight is 233 g/mol. The van der Waals surface area contributed by atoms with Crippen molar-refractivity contribution in [1.82, 2.24) is 0 Å². The molecule has 0 rings (SSSR count). The van der Waals surface area contributed by atoms with Crippen molar-refractivity contribution in [2.75, 3.05) is 0 Å². The minimum atomic E-state index is -1.24. The second-order valence-electron chi connectivity index (χ2n) is 1.38. The van der Waals surface area contributed by atoms with Gasteiger partial charge in [-0.1, -0.05) is 0 Å². The Morgan fingerprint density at radius 3 is 2.20 bits per heavy atom. The van der Waals surface area contributed by atoms with Crippen LogP contribution in [0.3, 0.4) is 0 Å². The second-order valence-corrected chi connectivity index (χ2v) is 9.56. The van der Waals surface area contributed by atoms with Gasteiger partial charge >= 0.3 is 0 Å². The zero-order chi connectivity index (χ0) is 7.66. The van der Waals surface area contributed by atoms with E-state index >= 15 is 0 Å². The Bertz CT molecular complexity index is 50.0. The van der Waals surface area contributed by atoms with Gasteiger partial charge in [0, 0.05) is 0 Å². The van der Waals surface area contributed by atoms with Crippen LogP contribution < -0.4 is 0 Å². The third-order valence-electron chi connectivity index (χ3n) is 0.626. The van der Waals surface area contributed by atoms with E-state index in [0.29, 0.717) is 0 Å². The molecule has 0 radical (unpaired) electrons. The maximum Gasteiger partial charge on any atom is 0.292 e. The van der Waals surface area contributed by atoms with Gasteiger partial charge in [-0.2, -0.15) is 0 Å². The predicted octanol–water partition coefficient (Wildman–Crippen LogP) is -5.68. The van der Waals surface area contributed by atoms with Crippen molar-refractivity contribution < 1.29 is 21.3 Å². The van der Waals surface area contributed by atoms with Crippen LogP contribution in [0.1, 0.15) is 0 Å². The lowest BCUT2D eigenvalue weighted by Gasteiger charge is -2.02. The fourth-order valence-electron chi connectivity index (χ4n) is 0.306. The summed E-state index contributed by atoms with van der Waals surface area (Å²) >= 11 is 0. The van der Waals surface area contributed by atoms with E-state index in [4.69, 9.17) is 21.3 Å². The first-order valence-corrected chi connectivity index (χ1v) is 8.24. The van der Waals surface area contributed by atoms with Gasteiger partial charge in [-0.25, -0.2) is 0 Å². The van der Waals surface area contributed by atoms with Crippen LogP contribution in [0, 0.1) is 0 Å². The first-order valence-electron chi connectivity index (χ1n) is 2.75. The summed E-state index contributed by atoms with van der Waals surface area (Å²) in [6, 6.07) is 0. The van der Waals surface area contributed by atoms with Gasteiger partial charge < -0.3 is 21.3 Å². The minimum Gasteiger partial charge on any atom is -0.449 e.